The third-order valence-electron chi connectivity index (χ3n) is 1.82. The van der Waals surface area contributed by atoms with E-state index in [4.69, 9.17) is 4.74 Å². The zero-order chi connectivity index (χ0) is 10.4. The van der Waals surface area contributed by atoms with Gasteiger partial charge in [-0.05, 0) is 13.8 Å². The molecule has 0 aliphatic rings. The van der Waals surface area contributed by atoms with E-state index in [0.717, 1.165) is 5.56 Å². The number of hydrogen-bond acceptors (Lipinski definition) is 2. The van der Waals surface area contributed by atoms with Crippen LogP contribution in [0.2, 0.25) is 0 Å². The van der Waals surface area contributed by atoms with Crippen molar-refractivity contribution >= 4 is 5.78 Å². The number of aryl methyl sites for hydroxylation is 1. The van der Waals surface area contributed by atoms with Crippen molar-refractivity contribution in [3.8, 4) is 0 Å². The lowest BCUT2D eigenvalue weighted by molar-refractivity contribution is 0.104. The molecular formula is C12H14O2. The van der Waals surface area contributed by atoms with E-state index in [1.807, 2.05) is 38.1 Å². The molecular weight excluding hydrogens is 176 g/mol. The Bertz CT molecular complexity index is 323. The molecule has 0 saturated heterocycles. The van der Waals surface area contributed by atoms with Crippen molar-refractivity contribution < 1.29 is 9.53 Å². The van der Waals surface area contributed by atoms with Crippen molar-refractivity contribution in [2.75, 3.05) is 6.61 Å². The van der Waals surface area contributed by atoms with Crippen LogP contribution in [0.25, 0.3) is 0 Å². The molecule has 0 heterocycles. The zero-order valence-corrected chi connectivity index (χ0v) is 8.49. The minimum absolute atomic E-state index is 0.0292. The minimum atomic E-state index is -0.0292. The van der Waals surface area contributed by atoms with Crippen molar-refractivity contribution in [3.63, 3.8) is 0 Å². The van der Waals surface area contributed by atoms with Gasteiger partial charge in [0, 0.05) is 11.6 Å². The topological polar surface area (TPSA) is 26.3 Å². The summed E-state index contributed by atoms with van der Waals surface area (Å²) < 4.78 is 4.95. The SMILES string of the molecule is CCO/C=C/C(=O)c1ccc(C)cc1. The molecule has 0 radical (unpaired) electrons. The number of ether oxygens (including phenoxy) is 1. The first-order valence-corrected chi connectivity index (χ1v) is 4.63. The van der Waals surface area contributed by atoms with Gasteiger partial charge in [-0.3, -0.25) is 4.79 Å². The fraction of sp³-hybridized carbons (Fsp3) is 0.250. The molecule has 2 nitrogen and oxygen atoms in total. The molecule has 0 fully saturated rings. The highest BCUT2D eigenvalue weighted by atomic mass is 16.5. The van der Waals surface area contributed by atoms with Crippen LogP contribution >= 0.6 is 0 Å². The first-order valence-electron chi connectivity index (χ1n) is 4.63. The number of carbonyl (C=O) groups is 1. The highest BCUT2D eigenvalue weighted by Gasteiger charge is 1.99. The smallest absolute Gasteiger partial charge is 0.188 e. The lowest BCUT2D eigenvalue weighted by atomic mass is 10.1. The maximum atomic E-state index is 11.5. The molecule has 0 aliphatic heterocycles. The lowest BCUT2D eigenvalue weighted by Gasteiger charge is -1.96. The van der Waals surface area contributed by atoms with E-state index in [2.05, 4.69) is 0 Å². The van der Waals surface area contributed by atoms with Crippen LogP contribution in [-0.2, 0) is 4.74 Å². The van der Waals surface area contributed by atoms with E-state index in [-0.39, 0.29) is 5.78 Å². The molecule has 1 aromatic rings. The zero-order valence-electron chi connectivity index (χ0n) is 8.49. The Kier molecular flexibility index (Phi) is 3.92. The second-order valence-corrected chi connectivity index (χ2v) is 2.99. The van der Waals surface area contributed by atoms with Crippen molar-refractivity contribution in [1.82, 2.24) is 0 Å². The van der Waals surface area contributed by atoms with Crippen molar-refractivity contribution in [2.24, 2.45) is 0 Å². The Morgan fingerprint density at radius 1 is 1.36 bits per heavy atom. The minimum Gasteiger partial charge on any atom is -0.501 e. The highest BCUT2D eigenvalue weighted by molar-refractivity contribution is 6.04. The summed E-state index contributed by atoms with van der Waals surface area (Å²) in [4.78, 5) is 11.5. The summed E-state index contributed by atoms with van der Waals surface area (Å²) in [6, 6.07) is 7.46. The van der Waals surface area contributed by atoms with Gasteiger partial charge in [-0.15, -0.1) is 0 Å². The molecule has 0 N–H and O–H groups in total. The molecule has 0 amide bonds. The van der Waals surface area contributed by atoms with Gasteiger partial charge in [0.25, 0.3) is 0 Å². The molecule has 14 heavy (non-hydrogen) atoms. The van der Waals surface area contributed by atoms with Gasteiger partial charge >= 0.3 is 0 Å². The molecule has 0 unspecified atom stereocenters. The van der Waals surface area contributed by atoms with E-state index < -0.39 is 0 Å². The maximum Gasteiger partial charge on any atom is 0.188 e. The van der Waals surface area contributed by atoms with Gasteiger partial charge in [0.15, 0.2) is 5.78 Å². The van der Waals surface area contributed by atoms with Crippen LogP contribution < -0.4 is 0 Å². The average Bonchev–Trinajstić information content (AvgIpc) is 2.19. The summed E-state index contributed by atoms with van der Waals surface area (Å²) in [5.41, 5.74) is 1.84. The Hall–Kier alpha value is -1.57. The molecule has 1 aromatic carbocycles. The number of carbonyl (C=O) groups excluding carboxylic acids is 1. The fourth-order valence-corrected chi connectivity index (χ4v) is 1.02. The second-order valence-electron chi connectivity index (χ2n) is 2.99. The van der Waals surface area contributed by atoms with E-state index in [1.54, 1.807) is 0 Å². The van der Waals surface area contributed by atoms with Crippen LogP contribution in [0.15, 0.2) is 36.6 Å². The summed E-state index contributed by atoms with van der Waals surface area (Å²) >= 11 is 0. The van der Waals surface area contributed by atoms with Crippen molar-refractivity contribution in [3.05, 3.63) is 47.7 Å². The Labute approximate surface area is 84.2 Å². The first-order chi connectivity index (χ1) is 6.74. The molecule has 0 aliphatic carbocycles. The first kappa shape index (κ1) is 10.5. The monoisotopic (exact) mass is 190 g/mol. The van der Waals surface area contributed by atoms with Crippen LogP contribution in [0, 0.1) is 6.92 Å². The third kappa shape index (κ3) is 3.05. The van der Waals surface area contributed by atoms with Crippen LogP contribution in [0.1, 0.15) is 22.8 Å². The largest absolute Gasteiger partial charge is 0.501 e. The van der Waals surface area contributed by atoms with Gasteiger partial charge in [-0.1, -0.05) is 29.8 Å². The van der Waals surface area contributed by atoms with E-state index >= 15 is 0 Å². The number of hydrogen-bond donors (Lipinski definition) is 0. The predicted octanol–water partition coefficient (Wildman–Crippen LogP) is 2.73. The predicted molar refractivity (Wildman–Crippen MR) is 56.3 cm³/mol. The van der Waals surface area contributed by atoms with Crippen LogP contribution in [0.4, 0.5) is 0 Å². The van der Waals surface area contributed by atoms with Crippen molar-refractivity contribution in [1.29, 1.82) is 0 Å². The molecule has 0 spiro atoms. The maximum absolute atomic E-state index is 11.5. The van der Waals surface area contributed by atoms with Crippen LogP contribution in [0.3, 0.4) is 0 Å². The summed E-state index contributed by atoms with van der Waals surface area (Å²) in [6.07, 6.45) is 2.87. The van der Waals surface area contributed by atoms with Gasteiger partial charge < -0.3 is 4.74 Å². The molecule has 0 saturated carbocycles. The fourth-order valence-electron chi connectivity index (χ4n) is 1.02. The van der Waals surface area contributed by atoms with Gasteiger partial charge in [-0.2, -0.15) is 0 Å². The second kappa shape index (κ2) is 5.22. The van der Waals surface area contributed by atoms with E-state index in [0.29, 0.717) is 12.2 Å². The molecule has 1 rings (SSSR count). The van der Waals surface area contributed by atoms with Gasteiger partial charge in [0.1, 0.15) is 0 Å². The Balaban J connectivity index is 2.65. The molecule has 0 atom stereocenters. The molecule has 74 valence electrons. The number of benzene rings is 1. The highest BCUT2D eigenvalue weighted by Crippen LogP contribution is 2.04. The number of ketones is 1. The summed E-state index contributed by atoms with van der Waals surface area (Å²) in [7, 11) is 0. The Morgan fingerprint density at radius 3 is 2.57 bits per heavy atom. The standard InChI is InChI=1S/C12H14O2/c1-3-14-9-8-12(13)11-6-4-10(2)5-7-11/h4-9H,3H2,1-2H3/b9-8+. The van der Waals surface area contributed by atoms with E-state index in [1.165, 1.54) is 12.3 Å². The molecule has 0 aromatic heterocycles. The third-order valence-corrected chi connectivity index (χ3v) is 1.82. The van der Waals surface area contributed by atoms with Gasteiger partial charge in [0.05, 0.1) is 12.9 Å². The number of rotatable bonds is 4. The van der Waals surface area contributed by atoms with Crippen molar-refractivity contribution in [2.45, 2.75) is 13.8 Å². The number of allylic oxidation sites excluding steroid dienone is 1. The summed E-state index contributed by atoms with van der Waals surface area (Å²) in [5.74, 6) is -0.0292. The molecule has 2 heteroatoms. The average molecular weight is 190 g/mol. The van der Waals surface area contributed by atoms with Gasteiger partial charge in [0.2, 0.25) is 0 Å². The van der Waals surface area contributed by atoms with E-state index in [9.17, 15) is 4.79 Å². The molecule has 0 bridgehead atoms. The summed E-state index contributed by atoms with van der Waals surface area (Å²) in [6.45, 7) is 4.45. The summed E-state index contributed by atoms with van der Waals surface area (Å²) in [5, 5.41) is 0. The normalized spacial score (nSPS) is 10.4. The van der Waals surface area contributed by atoms with Gasteiger partial charge in [-0.25, -0.2) is 0 Å². The lowest BCUT2D eigenvalue weighted by Crippen LogP contribution is -1.94. The Morgan fingerprint density at radius 2 is 2.00 bits per heavy atom. The van der Waals surface area contributed by atoms with Crippen LogP contribution in [0.5, 0.6) is 0 Å². The quantitative estimate of drug-likeness (QED) is 0.414. The van der Waals surface area contributed by atoms with Crippen LogP contribution in [-0.4, -0.2) is 12.4 Å².